The number of ether oxygens (including phenoxy) is 2. The minimum Gasteiger partial charge on any atom is -0.454 e. The number of hydrogen-bond donors (Lipinski definition) is 0. The Labute approximate surface area is 184 Å². The summed E-state index contributed by atoms with van der Waals surface area (Å²) in [6.07, 6.45) is 3.29. The van der Waals surface area contributed by atoms with E-state index < -0.39 is 0 Å². The van der Waals surface area contributed by atoms with Crippen molar-refractivity contribution in [2.75, 3.05) is 37.9 Å². The van der Waals surface area contributed by atoms with Crippen LogP contribution < -0.4 is 14.4 Å². The second kappa shape index (κ2) is 9.45. The highest BCUT2D eigenvalue weighted by Gasteiger charge is 2.19. The minimum absolute atomic E-state index is 0.177. The lowest BCUT2D eigenvalue weighted by molar-refractivity contribution is -0.114. The van der Waals surface area contributed by atoms with E-state index in [9.17, 15) is 9.18 Å². The molecule has 0 saturated carbocycles. The first kappa shape index (κ1) is 21.3. The number of amides is 1. The van der Waals surface area contributed by atoms with Gasteiger partial charge in [0.2, 0.25) is 6.79 Å². The largest absolute Gasteiger partial charge is 0.454 e. The molecule has 0 aliphatic carbocycles. The van der Waals surface area contributed by atoms with Crippen LogP contribution in [0.3, 0.4) is 0 Å². The summed E-state index contributed by atoms with van der Waals surface area (Å²) in [5, 5.41) is 0.563. The lowest BCUT2D eigenvalue weighted by Crippen LogP contribution is -2.38. The fourth-order valence-electron chi connectivity index (χ4n) is 3.36. The first-order valence-electron chi connectivity index (χ1n) is 10.2. The Morgan fingerprint density at radius 3 is 2.74 bits per heavy atom. The molecule has 3 aromatic rings. The standard InChI is InChI=1S/C23H24FN3O3S/c1-3-26(4-2)11-12-27(23-25-18-8-7-17(24)14-21(18)31-23)22(28)10-6-16-5-9-19-20(13-16)30-15-29-19/h5-10,13-14H,3-4,11-12,15H2,1-2H3/b10-6+. The highest BCUT2D eigenvalue weighted by molar-refractivity contribution is 7.22. The maximum absolute atomic E-state index is 13.6. The van der Waals surface area contributed by atoms with Gasteiger partial charge in [-0.2, -0.15) is 0 Å². The molecule has 1 aromatic heterocycles. The number of anilines is 1. The summed E-state index contributed by atoms with van der Waals surface area (Å²) >= 11 is 1.32. The lowest BCUT2D eigenvalue weighted by Gasteiger charge is -2.23. The van der Waals surface area contributed by atoms with E-state index in [1.807, 2.05) is 18.2 Å². The molecule has 4 rings (SSSR count). The van der Waals surface area contributed by atoms with Crippen molar-refractivity contribution in [3.05, 3.63) is 53.9 Å². The van der Waals surface area contributed by atoms with E-state index in [0.717, 1.165) is 29.9 Å². The average molecular weight is 442 g/mol. The van der Waals surface area contributed by atoms with Crippen molar-refractivity contribution in [1.29, 1.82) is 0 Å². The summed E-state index contributed by atoms with van der Waals surface area (Å²) in [4.78, 5) is 21.6. The summed E-state index contributed by atoms with van der Waals surface area (Å²) in [7, 11) is 0. The van der Waals surface area contributed by atoms with Gasteiger partial charge in [-0.25, -0.2) is 9.37 Å². The number of thiazole rings is 1. The summed E-state index contributed by atoms with van der Waals surface area (Å²) in [5.74, 6) is 0.878. The van der Waals surface area contributed by atoms with Crippen molar-refractivity contribution >= 4 is 38.7 Å². The SMILES string of the molecule is CCN(CC)CCN(C(=O)/C=C/c1ccc2c(c1)OCO2)c1nc2ccc(F)cc2s1. The van der Waals surface area contributed by atoms with Crippen LogP contribution in [0.1, 0.15) is 19.4 Å². The predicted octanol–water partition coefficient (Wildman–Crippen LogP) is 4.55. The zero-order chi connectivity index (χ0) is 21.8. The Morgan fingerprint density at radius 2 is 1.94 bits per heavy atom. The maximum atomic E-state index is 13.6. The Kier molecular flexibility index (Phi) is 6.48. The molecule has 1 aliphatic rings. The van der Waals surface area contributed by atoms with Gasteiger partial charge in [0, 0.05) is 19.2 Å². The fourth-order valence-corrected chi connectivity index (χ4v) is 4.38. The van der Waals surface area contributed by atoms with E-state index in [2.05, 4.69) is 23.7 Å². The summed E-state index contributed by atoms with van der Waals surface area (Å²) in [5.41, 5.74) is 1.52. The van der Waals surface area contributed by atoms with Crippen molar-refractivity contribution in [2.24, 2.45) is 0 Å². The Hall–Kier alpha value is -2.97. The average Bonchev–Trinajstić information content (AvgIpc) is 3.41. The molecule has 0 bridgehead atoms. The van der Waals surface area contributed by atoms with Gasteiger partial charge in [0.15, 0.2) is 16.6 Å². The number of hydrogen-bond acceptors (Lipinski definition) is 6. The number of fused-ring (bicyclic) bond motifs is 2. The van der Waals surface area contributed by atoms with Gasteiger partial charge in [0.05, 0.1) is 10.2 Å². The van der Waals surface area contributed by atoms with E-state index in [1.54, 1.807) is 17.0 Å². The lowest BCUT2D eigenvalue weighted by atomic mass is 10.2. The van der Waals surface area contributed by atoms with Gasteiger partial charge in [-0.1, -0.05) is 31.3 Å². The van der Waals surface area contributed by atoms with Crippen LogP contribution in [0.2, 0.25) is 0 Å². The third kappa shape index (κ3) is 4.86. The van der Waals surface area contributed by atoms with Crippen molar-refractivity contribution in [1.82, 2.24) is 9.88 Å². The molecule has 0 fully saturated rings. The number of halogens is 1. The van der Waals surface area contributed by atoms with Gasteiger partial charge < -0.3 is 14.4 Å². The van der Waals surface area contributed by atoms with Gasteiger partial charge in [0.1, 0.15) is 5.82 Å². The zero-order valence-corrected chi connectivity index (χ0v) is 18.3. The number of carbonyl (C=O) groups excluding carboxylic acids is 1. The van der Waals surface area contributed by atoms with Gasteiger partial charge >= 0.3 is 0 Å². The molecule has 8 heteroatoms. The molecule has 2 heterocycles. The molecule has 0 saturated heterocycles. The molecule has 31 heavy (non-hydrogen) atoms. The molecule has 1 amide bonds. The zero-order valence-electron chi connectivity index (χ0n) is 17.5. The van der Waals surface area contributed by atoms with Crippen molar-refractivity contribution in [3.8, 4) is 11.5 Å². The number of rotatable bonds is 8. The van der Waals surface area contributed by atoms with Crippen molar-refractivity contribution in [2.45, 2.75) is 13.8 Å². The Bertz CT molecular complexity index is 1110. The second-order valence-electron chi connectivity index (χ2n) is 7.07. The third-order valence-electron chi connectivity index (χ3n) is 5.19. The summed E-state index contributed by atoms with van der Waals surface area (Å²) in [6, 6.07) is 10.0. The molecule has 0 unspecified atom stereocenters. The molecule has 162 valence electrons. The number of aromatic nitrogens is 1. The molecular formula is C23H24FN3O3S. The van der Waals surface area contributed by atoms with Gasteiger partial charge in [-0.05, 0) is 55.1 Å². The monoisotopic (exact) mass is 441 g/mol. The maximum Gasteiger partial charge on any atom is 0.252 e. The highest BCUT2D eigenvalue weighted by atomic mass is 32.1. The molecule has 0 atom stereocenters. The van der Waals surface area contributed by atoms with E-state index in [-0.39, 0.29) is 18.5 Å². The first-order valence-corrected chi connectivity index (χ1v) is 11.1. The topological polar surface area (TPSA) is 54.9 Å². The highest BCUT2D eigenvalue weighted by Crippen LogP contribution is 2.33. The second-order valence-corrected chi connectivity index (χ2v) is 8.08. The van der Waals surface area contributed by atoms with E-state index in [1.165, 1.54) is 29.5 Å². The quantitative estimate of drug-likeness (QED) is 0.480. The van der Waals surface area contributed by atoms with Gasteiger partial charge in [-0.3, -0.25) is 9.69 Å². The van der Waals surface area contributed by atoms with Crippen LogP contribution in [-0.4, -0.2) is 48.8 Å². The van der Waals surface area contributed by atoms with Crippen LogP contribution in [0.4, 0.5) is 9.52 Å². The molecule has 0 N–H and O–H groups in total. The van der Waals surface area contributed by atoms with Crippen molar-refractivity contribution < 1.29 is 18.7 Å². The van der Waals surface area contributed by atoms with Crippen LogP contribution in [0, 0.1) is 5.82 Å². The Balaban J connectivity index is 1.58. The smallest absolute Gasteiger partial charge is 0.252 e. The van der Waals surface area contributed by atoms with E-state index in [0.29, 0.717) is 28.7 Å². The third-order valence-corrected chi connectivity index (χ3v) is 6.23. The van der Waals surface area contributed by atoms with Crippen molar-refractivity contribution in [3.63, 3.8) is 0 Å². The van der Waals surface area contributed by atoms with Crippen LogP contribution in [0.15, 0.2) is 42.5 Å². The number of likely N-dealkylation sites (N-methyl/N-ethyl adjacent to an activating group) is 1. The molecule has 1 aliphatic heterocycles. The van der Waals surface area contributed by atoms with Crippen LogP contribution in [0.5, 0.6) is 11.5 Å². The molecule has 6 nitrogen and oxygen atoms in total. The summed E-state index contributed by atoms with van der Waals surface area (Å²) < 4.78 is 25.1. The van der Waals surface area contributed by atoms with Crippen LogP contribution in [0.25, 0.3) is 16.3 Å². The fraction of sp³-hybridized carbons (Fsp3) is 0.304. The predicted molar refractivity (Wildman–Crippen MR) is 121 cm³/mol. The first-order chi connectivity index (χ1) is 15.1. The Morgan fingerprint density at radius 1 is 1.13 bits per heavy atom. The molecular weight excluding hydrogens is 417 g/mol. The molecule has 0 radical (unpaired) electrons. The van der Waals surface area contributed by atoms with Crippen LogP contribution in [-0.2, 0) is 4.79 Å². The van der Waals surface area contributed by atoms with Gasteiger partial charge in [0.25, 0.3) is 5.91 Å². The van der Waals surface area contributed by atoms with E-state index >= 15 is 0 Å². The number of benzene rings is 2. The molecule has 2 aromatic carbocycles. The molecule has 0 spiro atoms. The van der Waals surface area contributed by atoms with Crippen LogP contribution >= 0.6 is 11.3 Å². The normalized spacial score (nSPS) is 12.9. The number of nitrogens with zero attached hydrogens (tertiary/aromatic N) is 3. The van der Waals surface area contributed by atoms with E-state index in [4.69, 9.17) is 9.47 Å². The van der Waals surface area contributed by atoms with Gasteiger partial charge in [-0.15, -0.1) is 0 Å². The number of carbonyl (C=O) groups is 1. The minimum atomic E-state index is -0.313. The summed E-state index contributed by atoms with van der Waals surface area (Å²) in [6.45, 7) is 7.41.